The van der Waals surface area contributed by atoms with Gasteiger partial charge in [0.05, 0.1) is 18.1 Å². The zero-order valence-corrected chi connectivity index (χ0v) is 16.2. The minimum atomic E-state index is -4.02. The summed E-state index contributed by atoms with van der Waals surface area (Å²) in [5.74, 6) is -0.237. The number of nitrogens with zero attached hydrogens (tertiary/aromatic N) is 2. The van der Waals surface area contributed by atoms with E-state index >= 15 is 0 Å². The van der Waals surface area contributed by atoms with Gasteiger partial charge in [0.2, 0.25) is 26.6 Å². The van der Waals surface area contributed by atoms with E-state index in [1.807, 2.05) is 0 Å². The van der Waals surface area contributed by atoms with Gasteiger partial charge in [-0.3, -0.25) is 0 Å². The lowest BCUT2D eigenvalue weighted by atomic mass is 10.2. The van der Waals surface area contributed by atoms with Crippen LogP contribution in [0.25, 0.3) is 11.5 Å². The third-order valence-electron chi connectivity index (χ3n) is 4.33. The Morgan fingerprint density at radius 1 is 1.07 bits per heavy atom. The van der Waals surface area contributed by atoms with Gasteiger partial charge in [0.25, 0.3) is 0 Å². The van der Waals surface area contributed by atoms with Gasteiger partial charge < -0.3 is 14.1 Å². The van der Waals surface area contributed by atoms with Crippen molar-refractivity contribution < 1.29 is 22.0 Å². The van der Waals surface area contributed by atoms with Crippen LogP contribution in [0.2, 0.25) is 5.02 Å². The Morgan fingerprint density at radius 3 is 2.46 bits per heavy atom. The number of ether oxygens (including phenoxy) is 1. The standard InChI is InChI=1S/C19H16ClFN2O4S/c20-14-3-1-2-13(12-14)17-22-18(19(27-17)23-8-10-26-11-9-23)28(24,25)16-6-4-15(21)5-7-16/h1-7,12H,8-11H2. The molecule has 2 aromatic carbocycles. The number of benzene rings is 2. The van der Waals surface area contributed by atoms with Crippen LogP contribution in [-0.4, -0.2) is 39.7 Å². The SMILES string of the molecule is O=S(=O)(c1ccc(F)cc1)c1nc(-c2cccc(Cl)c2)oc1N1CCOCC1. The van der Waals surface area contributed by atoms with Gasteiger partial charge in [-0.25, -0.2) is 12.8 Å². The number of hydrogen-bond donors (Lipinski definition) is 0. The Bertz CT molecular complexity index is 1090. The second-order valence-corrected chi connectivity index (χ2v) is 8.50. The van der Waals surface area contributed by atoms with Crippen LogP contribution in [0.4, 0.5) is 10.3 Å². The first kappa shape index (κ1) is 18.9. The lowest BCUT2D eigenvalue weighted by molar-refractivity contribution is 0.120. The van der Waals surface area contributed by atoms with E-state index in [4.69, 9.17) is 20.8 Å². The fourth-order valence-electron chi connectivity index (χ4n) is 2.91. The smallest absolute Gasteiger partial charge is 0.236 e. The summed E-state index contributed by atoms with van der Waals surface area (Å²) in [5.41, 5.74) is 0.558. The van der Waals surface area contributed by atoms with Crippen LogP contribution in [0, 0.1) is 5.82 Å². The summed E-state index contributed by atoms with van der Waals surface area (Å²) >= 11 is 6.04. The van der Waals surface area contributed by atoms with Crippen molar-refractivity contribution in [3.8, 4) is 11.5 Å². The molecule has 1 saturated heterocycles. The highest BCUT2D eigenvalue weighted by molar-refractivity contribution is 7.91. The first-order valence-electron chi connectivity index (χ1n) is 8.55. The van der Waals surface area contributed by atoms with Gasteiger partial charge >= 0.3 is 0 Å². The first-order valence-corrected chi connectivity index (χ1v) is 10.4. The molecule has 0 radical (unpaired) electrons. The third-order valence-corrected chi connectivity index (χ3v) is 6.23. The van der Waals surface area contributed by atoms with Crippen molar-refractivity contribution in [1.29, 1.82) is 0 Å². The minimum absolute atomic E-state index is 0.0608. The molecular weight excluding hydrogens is 407 g/mol. The van der Waals surface area contributed by atoms with E-state index in [1.165, 1.54) is 12.1 Å². The van der Waals surface area contributed by atoms with E-state index in [-0.39, 0.29) is 21.7 Å². The number of halogens is 2. The Labute approximate surface area is 166 Å². The van der Waals surface area contributed by atoms with Crippen LogP contribution >= 0.6 is 11.6 Å². The number of aromatic nitrogens is 1. The number of hydrogen-bond acceptors (Lipinski definition) is 6. The molecule has 0 bridgehead atoms. The molecule has 0 N–H and O–H groups in total. The lowest BCUT2D eigenvalue weighted by Crippen LogP contribution is -2.36. The van der Waals surface area contributed by atoms with Crippen molar-refractivity contribution in [2.45, 2.75) is 9.92 Å². The molecule has 0 saturated carbocycles. The summed E-state index contributed by atoms with van der Waals surface area (Å²) in [7, 11) is -4.02. The van der Waals surface area contributed by atoms with Gasteiger partial charge in [0.1, 0.15) is 5.82 Å². The summed E-state index contributed by atoms with van der Waals surface area (Å²) in [6, 6.07) is 11.4. The van der Waals surface area contributed by atoms with Crippen molar-refractivity contribution in [3.63, 3.8) is 0 Å². The zero-order valence-electron chi connectivity index (χ0n) is 14.6. The number of anilines is 1. The second-order valence-electron chi connectivity index (χ2n) is 6.20. The third kappa shape index (κ3) is 3.63. The van der Waals surface area contributed by atoms with Crippen molar-refractivity contribution in [2.24, 2.45) is 0 Å². The van der Waals surface area contributed by atoms with Gasteiger partial charge in [0, 0.05) is 23.7 Å². The van der Waals surface area contributed by atoms with E-state index in [1.54, 1.807) is 29.2 Å². The van der Waals surface area contributed by atoms with Gasteiger partial charge in [-0.05, 0) is 42.5 Å². The predicted octanol–water partition coefficient (Wildman–Crippen LogP) is 3.80. The van der Waals surface area contributed by atoms with Gasteiger partial charge in [0.15, 0.2) is 0 Å². The molecule has 0 spiro atoms. The summed E-state index contributed by atoms with van der Waals surface area (Å²) in [4.78, 5) is 6.00. The summed E-state index contributed by atoms with van der Waals surface area (Å²) < 4.78 is 50.8. The molecule has 1 aromatic heterocycles. The topological polar surface area (TPSA) is 72.6 Å². The van der Waals surface area contributed by atoms with Crippen molar-refractivity contribution in [2.75, 3.05) is 31.2 Å². The highest BCUT2D eigenvalue weighted by Gasteiger charge is 2.32. The van der Waals surface area contributed by atoms with E-state index < -0.39 is 15.7 Å². The van der Waals surface area contributed by atoms with Crippen LogP contribution in [0.15, 0.2) is 62.9 Å². The normalized spacial score (nSPS) is 15.0. The predicted molar refractivity (Wildman–Crippen MR) is 102 cm³/mol. The molecule has 0 unspecified atom stereocenters. The van der Waals surface area contributed by atoms with Gasteiger partial charge in [-0.1, -0.05) is 17.7 Å². The molecule has 4 rings (SSSR count). The van der Waals surface area contributed by atoms with E-state index in [9.17, 15) is 12.8 Å². The maximum atomic E-state index is 13.2. The molecule has 28 heavy (non-hydrogen) atoms. The maximum Gasteiger partial charge on any atom is 0.236 e. The maximum absolute atomic E-state index is 13.2. The highest BCUT2D eigenvalue weighted by atomic mass is 35.5. The molecule has 6 nitrogen and oxygen atoms in total. The van der Waals surface area contributed by atoms with E-state index in [0.717, 1.165) is 12.1 Å². The monoisotopic (exact) mass is 422 g/mol. The lowest BCUT2D eigenvalue weighted by Gasteiger charge is -2.26. The number of rotatable bonds is 4. The number of sulfone groups is 1. The molecular formula is C19H16ClFN2O4S. The Balaban J connectivity index is 1.85. The average Bonchev–Trinajstić information content (AvgIpc) is 3.15. The molecule has 9 heteroatoms. The second kappa shape index (κ2) is 7.54. The molecule has 1 aliphatic heterocycles. The van der Waals surface area contributed by atoms with Gasteiger partial charge in [-0.15, -0.1) is 0 Å². The summed E-state index contributed by atoms with van der Waals surface area (Å²) in [6.45, 7) is 1.83. The van der Waals surface area contributed by atoms with E-state index in [0.29, 0.717) is 36.9 Å². The molecule has 0 atom stereocenters. The quantitative estimate of drug-likeness (QED) is 0.595. The zero-order chi connectivity index (χ0) is 19.7. The van der Waals surface area contributed by atoms with Crippen molar-refractivity contribution >= 4 is 27.3 Å². The molecule has 1 aliphatic rings. The number of morpholine rings is 1. The Morgan fingerprint density at radius 2 is 1.79 bits per heavy atom. The molecule has 0 aliphatic carbocycles. The van der Waals surface area contributed by atoms with Crippen LogP contribution in [0.5, 0.6) is 0 Å². The van der Waals surface area contributed by atoms with Crippen molar-refractivity contribution in [1.82, 2.24) is 4.98 Å². The summed E-state index contributed by atoms with van der Waals surface area (Å²) in [5, 5.41) is 0.266. The average molecular weight is 423 g/mol. The van der Waals surface area contributed by atoms with Crippen molar-refractivity contribution in [3.05, 3.63) is 59.4 Å². The first-order chi connectivity index (χ1) is 13.4. The van der Waals surface area contributed by atoms with Gasteiger partial charge in [-0.2, -0.15) is 4.98 Å². The van der Waals surface area contributed by atoms with Crippen LogP contribution in [0.3, 0.4) is 0 Å². The Kier molecular flexibility index (Phi) is 5.09. The fourth-order valence-corrected chi connectivity index (χ4v) is 4.42. The number of oxazole rings is 1. The molecule has 3 aromatic rings. The molecule has 1 fully saturated rings. The van der Waals surface area contributed by atoms with Crippen LogP contribution < -0.4 is 4.90 Å². The fraction of sp³-hybridized carbons (Fsp3) is 0.211. The van der Waals surface area contributed by atoms with Crippen LogP contribution in [-0.2, 0) is 14.6 Å². The van der Waals surface area contributed by atoms with E-state index in [2.05, 4.69) is 4.98 Å². The Hall–Kier alpha value is -2.42. The molecule has 146 valence electrons. The molecule has 2 heterocycles. The summed E-state index contributed by atoms with van der Waals surface area (Å²) in [6.07, 6.45) is 0. The molecule has 0 amide bonds. The minimum Gasteiger partial charge on any atom is -0.419 e. The highest BCUT2D eigenvalue weighted by Crippen LogP contribution is 2.35. The van der Waals surface area contributed by atoms with Crippen LogP contribution in [0.1, 0.15) is 0 Å². The largest absolute Gasteiger partial charge is 0.419 e.